The molecule has 0 bridgehead atoms. The van der Waals surface area contributed by atoms with E-state index in [4.69, 9.17) is 27.8 Å². The minimum absolute atomic E-state index is 0.0834. The predicted octanol–water partition coefficient (Wildman–Crippen LogP) is 2.74. The summed E-state index contributed by atoms with van der Waals surface area (Å²) in [6, 6.07) is 14.6. The van der Waals surface area contributed by atoms with E-state index in [1.54, 1.807) is 30.5 Å². The van der Waals surface area contributed by atoms with Crippen molar-refractivity contribution >= 4 is 23.8 Å². The van der Waals surface area contributed by atoms with E-state index >= 15 is 0 Å². The summed E-state index contributed by atoms with van der Waals surface area (Å²) >= 11 is 6.02. The molecule has 0 aliphatic rings. The Kier molecular flexibility index (Phi) is 4.57. The summed E-state index contributed by atoms with van der Waals surface area (Å²) in [4.78, 5) is 0. The van der Waals surface area contributed by atoms with Crippen molar-refractivity contribution < 1.29 is 4.74 Å². The van der Waals surface area contributed by atoms with Gasteiger partial charge in [-0.15, -0.1) is 5.10 Å². The second kappa shape index (κ2) is 6.58. The topological polar surface area (TPSA) is 86.0 Å². The fourth-order valence-corrected chi connectivity index (χ4v) is 1.61. The minimum Gasteiger partial charge on any atom is -0.456 e. The van der Waals surface area contributed by atoms with Gasteiger partial charge >= 0.3 is 0 Å². The van der Waals surface area contributed by atoms with Gasteiger partial charge in [0.1, 0.15) is 11.5 Å². The number of rotatable bonds is 4. The fourth-order valence-electron chi connectivity index (χ4n) is 1.44. The smallest absolute Gasteiger partial charge is 0.211 e. The largest absolute Gasteiger partial charge is 0.456 e. The molecule has 2 aromatic rings. The third-order valence-corrected chi connectivity index (χ3v) is 2.64. The van der Waals surface area contributed by atoms with Crippen LogP contribution in [0.2, 0.25) is 5.02 Å². The highest BCUT2D eigenvalue weighted by Gasteiger charge is 2.01. The van der Waals surface area contributed by atoms with Gasteiger partial charge in [0.2, 0.25) is 5.96 Å². The van der Waals surface area contributed by atoms with Crippen LogP contribution in [-0.4, -0.2) is 12.2 Å². The quantitative estimate of drug-likeness (QED) is 0.515. The SMILES string of the molecule is NC(N)=NN=Cc1ccc(Oc2ccccc2Cl)cc1. The average molecular weight is 289 g/mol. The van der Waals surface area contributed by atoms with E-state index in [0.29, 0.717) is 16.5 Å². The Bertz CT molecular complexity index is 634. The van der Waals surface area contributed by atoms with Gasteiger partial charge in [-0.3, -0.25) is 0 Å². The molecule has 0 aliphatic heterocycles. The number of ether oxygens (including phenoxy) is 1. The Balaban J connectivity index is 2.07. The number of hydrogen-bond acceptors (Lipinski definition) is 3. The number of hydrogen-bond donors (Lipinski definition) is 2. The maximum absolute atomic E-state index is 6.02. The lowest BCUT2D eigenvalue weighted by molar-refractivity contribution is 0.483. The van der Waals surface area contributed by atoms with Gasteiger partial charge in [0, 0.05) is 0 Å². The van der Waals surface area contributed by atoms with Gasteiger partial charge in [-0.05, 0) is 42.0 Å². The molecular weight excluding hydrogens is 276 g/mol. The zero-order chi connectivity index (χ0) is 14.4. The van der Waals surface area contributed by atoms with Gasteiger partial charge in [-0.1, -0.05) is 23.7 Å². The maximum Gasteiger partial charge on any atom is 0.211 e. The highest BCUT2D eigenvalue weighted by Crippen LogP contribution is 2.28. The molecule has 0 fully saturated rings. The summed E-state index contributed by atoms with van der Waals surface area (Å²) in [5.41, 5.74) is 11.2. The molecule has 0 amide bonds. The first-order valence-electron chi connectivity index (χ1n) is 5.79. The van der Waals surface area contributed by atoms with E-state index in [0.717, 1.165) is 5.56 Å². The monoisotopic (exact) mass is 288 g/mol. The predicted molar refractivity (Wildman–Crippen MR) is 81.4 cm³/mol. The number of benzene rings is 2. The van der Waals surface area contributed by atoms with Gasteiger partial charge in [0.25, 0.3) is 0 Å². The zero-order valence-electron chi connectivity index (χ0n) is 10.5. The Morgan fingerprint density at radius 3 is 2.40 bits per heavy atom. The van der Waals surface area contributed by atoms with Crippen molar-refractivity contribution in [1.82, 2.24) is 0 Å². The highest BCUT2D eigenvalue weighted by molar-refractivity contribution is 6.32. The average Bonchev–Trinajstić information content (AvgIpc) is 2.43. The van der Waals surface area contributed by atoms with E-state index in [-0.39, 0.29) is 5.96 Å². The Morgan fingerprint density at radius 1 is 1.05 bits per heavy atom. The van der Waals surface area contributed by atoms with Gasteiger partial charge < -0.3 is 16.2 Å². The minimum atomic E-state index is -0.0834. The molecule has 0 radical (unpaired) electrons. The van der Waals surface area contributed by atoms with E-state index in [9.17, 15) is 0 Å². The molecule has 2 rings (SSSR count). The van der Waals surface area contributed by atoms with Crippen LogP contribution in [0.3, 0.4) is 0 Å². The van der Waals surface area contributed by atoms with E-state index in [1.165, 1.54) is 0 Å². The van der Waals surface area contributed by atoms with E-state index < -0.39 is 0 Å². The molecule has 0 saturated heterocycles. The molecule has 0 aliphatic carbocycles. The standard InChI is InChI=1S/C14H13ClN4O/c15-12-3-1-2-4-13(12)20-11-7-5-10(6-8-11)9-18-19-14(16)17/h1-9H,(H4,16,17,19). The van der Waals surface area contributed by atoms with Crippen molar-refractivity contribution in [3.05, 3.63) is 59.1 Å². The van der Waals surface area contributed by atoms with Crippen LogP contribution in [0.25, 0.3) is 0 Å². The van der Waals surface area contributed by atoms with E-state index in [2.05, 4.69) is 10.2 Å². The number of guanidine groups is 1. The lowest BCUT2D eigenvalue weighted by atomic mass is 10.2. The Morgan fingerprint density at radius 2 is 1.75 bits per heavy atom. The van der Waals surface area contributed by atoms with Crippen LogP contribution in [0.4, 0.5) is 0 Å². The fraction of sp³-hybridized carbons (Fsp3) is 0. The molecule has 0 saturated carbocycles. The Hall–Kier alpha value is -2.53. The van der Waals surface area contributed by atoms with Crippen molar-refractivity contribution in [2.45, 2.75) is 0 Å². The summed E-state index contributed by atoms with van der Waals surface area (Å²) in [6.07, 6.45) is 1.54. The lowest BCUT2D eigenvalue weighted by Gasteiger charge is -2.07. The lowest BCUT2D eigenvalue weighted by Crippen LogP contribution is -2.21. The highest BCUT2D eigenvalue weighted by atomic mass is 35.5. The first-order valence-corrected chi connectivity index (χ1v) is 6.17. The molecule has 0 unspecified atom stereocenters. The molecule has 20 heavy (non-hydrogen) atoms. The number of nitrogens with two attached hydrogens (primary N) is 2. The van der Waals surface area contributed by atoms with Crippen LogP contribution in [0, 0.1) is 0 Å². The second-order valence-electron chi connectivity index (χ2n) is 3.87. The number of para-hydroxylation sites is 1. The molecule has 0 aromatic heterocycles. The first-order chi connectivity index (χ1) is 9.65. The molecular formula is C14H13ClN4O. The van der Waals surface area contributed by atoms with Crippen molar-refractivity contribution in [2.24, 2.45) is 21.7 Å². The van der Waals surface area contributed by atoms with Crippen LogP contribution >= 0.6 is 11.6 Å². The molecule has 0 atom stereocenters. The van der Waals surface area contributed by atoms with Gasteiger partial charge in [-0.25, -0.2) is 0 Å². The van der Waals surface area contributed by atoms with Crippen molar-refractivity contribution in [3.63, 3.8) is 0 Å². The molecule has 0 heterocycles. The molecule has 102 valence electrons. The summed E-state index contributed by atoms with van der Waals surface area (Å²) in [6.45, 7) is 0. The summed E-state index contributed by atoms with van der Waals surface area (Å²) < 4.78 is 5.66. The van der Waals surface area contributed by atoms with Gasteiger partial charge in [0.15, 0.2) is 0 Å². The maximum atomic E-state index is 6.02. The zero-order valence-corrected chi connectivity index (χ0v) is 11.3. The third kappa shape index (κ3) is 4.00. The van der Waals surface area contributed by atoms with Crippen LogP contribution in [0.5, 0.6) is 11.5 Å². The van der Waals surface area contributed by atoms with Crippen molar-refractivity contribution in [1.29, 1.82) is 0 Å². The van der Waals surface area contributed by atoms with Crippen molar-refractivity contribution in [3.8, 4) is 11.5 Å². The van der Waals surface area contributed by atoms with Gasteiger partial charge in [0.05, 0.1) is 11.2 Å². The third-order valence-electron chi connectivity index (χ3n) is 2.32. The molecule has 5 nitrogen and oxygen atoms in total. The van der Waals surface area contributed by atoms with Crippen LogP contribution in [0.15, 0.2) is 58.7 Å². The molecule has 2 aromatic carbocycles. The van der Waals surface area contributed by atoms with Crippen LogP contribution < -0.4 is 16.2 Å². The summed E-state index contributed by atoms with van der Waals surface area (Å²) in [5, 5.41) is 7.80. The summed E-state index contributed by atoms with van der Waals surface area (Å²) in [7, 11) is 0. The van der Waals surface area contributed by atoms with Gasteiger partial charge in [-0.2, -0.15) is 5.10 Å². The normalized spacial score (nSPS) is 10.4. The molecule has 4 N–H and O–H groups in total. The van der Waals surface area contributed by atoms with Crippen LogP contribution in [0.1, 0.15) is 5.56 Å². The summed E-state index contributed by atoms with van der Waals surface area (Å²) in [5.74, 6) is 1.20. The number of nitrogens with zero attached hydrogens (tertiary/aromatic N) is 2. The van der Waals surface area contributed by atoms with Crippen molar-refractivity contribution in [2.75, 3.05) is 0 Å². The van der Waals surface area contributed by atoms with Crippen LogP contribution in [-0.2, 0) is 0 Å². The Labute approximate surface area is 121 Å². The van der Waals surface area contributed by atoms with E-state index in [1.807, 2.05) is 24.3 Å². The second-order valence-corrected chi connectivity index (χ2v) is 4.28. The first kappa shape index (κ1) is 13.9. The number of halogens is 1. The molecule has 0 spiro atoms. The molecule has 6 heteroatoms.